The van der Waals surface area contributed by atoms with Gasteiger partial charge in [-0.25, -0.2) is 4.68 Å². The number of nitro benzene ring substituents is 1. The Bertz CT molecular complexity index is 1070. The molecule has 10 heteroatoms. The van der Waals surface area contributed by atoms with Gasteiger partial charge in [0, 0.05) is 18.3 Å². The van der Waals surface area contributed by atoms with Gasteiger partial charge in [0.05, 0.1) is 22.7 Å². The minimum Gasteiger partial charge on any atom is -0.495 e. The molecule has 0 aliphatic carbocycles. The van der Waals surface area contributed by atoms with Crippen molar-refractivity contribution in [2.45, 2.75) is 13.7 Å². The number of carbonyl (C=O) groups is 1. The van der Waals surface area contributed by atoms with Gasteiger partial charge in [-0.15, -0.1) is 0 Å². The Labute approximate surface area is 171 Å². The van der Waals surface area contributed by atoms with E-state index in [0.29, 0.717) is 11.4 Å². The monoisotopic (exact) mass is 416 g/mol. The van der Waals surface area contributed by atoms with Crippen LogP contribution in [0.25, 0.3) is 0 Å². The smallest absolute Gasteiger partial charge is 0.276 e. The Balaban J connectivity index is 1.66. The number of benzene rings is 2. The fourth-order valence-corrected chi connectivity index (χ4v) is 2.75. The zero-order valence-electron chi connectivity index (χ0n) is 15.6. The third kappa shape index (κ3) is 4.82. The lowest BCUT2D eigenvalue weighted by molar-refractivity contribution is -0.384. The summed E-state index contributed by atoms with van der Waals surface area (Å²) >= 11 is 5.99. The number of rotatable bonds is 7. The van der Waals surface area contributed by atoms with Crippen molar-refractivity contribution in [2.75, 3.05) is 12.4 Å². The number of nitrogens with zero attached hydrogens (tertiary/aromatic N) is 3. The SMILES string of the molecule is COc1ccc(C)cc1NC(=O)c1ccn(COc2ccc([N+](=O)[O-])cc2Cl)n1. The highest BCUT2D eigenvalue weighted by Gasteiger charge is 2.14. The third-order valence-corrected chi connectivity index (χ3v) is 4.25. The van der Waals surface area contributed by atoms with Crippen LogP contribution in [-0.2, 0) is 6.73 Å². The summed E-state index contributed by atoms with van der Waals surface area (Å²) in [5.41, 5.74) is 1.57. The second kappa shape index (κ2) is 8.61. The Morgan fingerprint density at radius 3 is 2.69 bits per heavy atom. The maximum atomic E-state index is 12.5. The van der Waals surface area contributed by atoms with Crippen LogP contribution in [0.5, 0.6) is 11.5 Å². The number of nitrogens with one attached hydrogen (secondary N) is 1. The molecular weight excluding hydrogens is 400 g/mol. The van der Waals surface area contributed by atoms with Crippen molar-refractivity contribution in [3.05, 3.63) is 75.1 Å². The summed E-state index contributed by atoms with van der Waals surface area (Å²) in [6, 6.07) is 10.9. The molecule has 2 aromatic carbocycles. The largest absolute Gasteiger partial charge is 0.495 e. The fourth-order valence-electron chi connectivity index (χ4n) is 2.52. The summed E-state index contributed by atoms with van der Waals surface area (Å²) in [7, 11) is 1.52. The predicted molar refractivity (Wildman–Crippen MR) is 107 cm³/mol. The number of carbonyl (C=O) groups excluding carboxylic acids is 1. The van der Waals surface area contributed by atoms with Gasteiger partial charge in [-0.05, 0) is 36.8 Å². The van der Waals surface area contributed by atoms with E-state index in [-0.39, 0.29) is 28.9 Å². The van der Waals surface area contributed by atoms with Crippen LogP contribution >= 0.6 is 11.6 Å². The zero-order chi connectivity index (χ0) is 21.0. The number of amides is 1. The zero-order valence-corrected chi connectivity index (χ0v) is 16.3. The van der Waals surface area contributed by atoms with Gasteiger partial charge in [0.2, 0.25) is 0 Å². The molecule has 0 aliphatic heterocycles. The fraction of sp³-hybridized carbons (Fsp3) is 0.158. The van der Waals surface area contributed by atoms with E-state index in [1.807, 2.05) is 13.0 Å². The van der Waals surface area contributed by atoms with E-state index in [1.54, 1.807) is 24.4 Å². The van der Waals surface area contributed by atoms with E-state index in [0.717, 1.165) is 5.56 Å². The Morgan fingerprint density at radius 1 is 1.24 bits per heavy atom. The number of nitro groups is 1. The van der Waals surface area contributed by atoms with E-state index < -0.39 is 10.8 Å². The van der Waals surface area contributed by atoms with Gasteiger partial charge in [0.25, 0.3) is 11.6 Å². The number of non-ortho nitro benzene ring substituents is 1. The van der Waals surface area contributed by atoms with Crippen LogP contribution in [0.2, 0.25) is 5.02 Å². The summed E-state index contributed by atoms with van der Waals surface area (Å²) < 4.78 is 12.2. The first-order valence-electron chi connectivity index (χ1n) is 8.43. The number of aryl methyl sites for hydroxylation is 1. The van der Waals surface area contributed by atoms with Crippen molar-refractivity contribution >= 4 is 28.9 Å². The Morgan fingerprint density at radius 2 is 2.00 bits per heavy atom. The molecule has 0 spiro atoms. The molecule has 1 aromatic heterocycles. The number of methoxy groups -OCH3 is 1. The van der Waals surface area contributed by atoms with Crippen LogP contribution in [0.4, 0.5) is 11.4 Å². The first kappa shape index (κ1) is 20.2. The van der Waals surface area contributed by atoms with Crippen molar-refractivity contribution in [2.24, 2.45) is 0 Å². The number of halogens is 1. The molecular formula is C19H17ClN4O5. The molecule has 0 saturated heterocycles. The van der Waals surface area contributed by atoms with E-state index in [9.17, 15) is 14.9 Å². The van der Waals surface area contributed by atoms with E-state index in [4.69, 9.17) is 21.1 Å². The molecule has 3 aromatic rings. The van der Waals surface area contributed by atoms with Crippen LogP contribution in [0, 0.1) is 17.0 Å². The van der Waals surface area contributed by atoms with Crippen molar-refractivity contribution < 1.29 is 19.2 Å². The third-order valence-electron chi connectivity index (χ3n) is 3.96. The summed E-state index contributed by atoms with van der Waals surface area (Å²) in [5.74, 6) is 0.406. The topological polar surface area (TPSA) is 109 Å². The van der Waals surface area contributed by atoms with Crippen LogP contribution in [0.15, 0.2) is 48.7 Å². The number of hydrogen-bond donors (Lipinski definition) is 1. The van der Waals surface area contributed by atoms with Gasteiger partial charge < -0.3 is 14.8 Å². The summed E-state index contributed by atoms with van der Waals surface area (Å²) in [6.07, 6.45) is 1.57. The van der Waals surface area contributed by atoms with E-state index in [2.05, 4.69) is 10.4 Å². The first-order valence-corrected chi connectivity index (χ1v) is 8.81. The maximum Gasteiger partial charge on any atom is 0.276 e. The lowest BCUT2D eigenvalue weighted by Gasteiger charge is -2.10. The second-order valence-corrected chi connectivity index (χ2v) is 6.45. The summed E-state index contributed by atoms with van der Waals surface area (Å²) in [5, 5.41) is 17.8. The molecule has 29 heavy (non-hydrogen) atoms. The van der Waals surface area contributed by atoms with Gasteiger partial charge >= 0.3 is 0 Å². The maximum absolute atomic E-state index is 12.5. The van der Waals surface area contributed by atoms with Gasteiger partial charge in [-0.1, -0.05) is 17.7 Å². The highest BCUT2D eigenvalue weighted by atomic mass is 35.5. The minimum atomic E-state index is -0.544. The van der Waals surface area contributed by atoms with Crippen molar-refractivity contribution in [1.82, 2.24) is 9.78 Å². The lowest BCUT2D eigenvalue weighted by Crippen LogP contribution is -2.15. The molecule has 0 bridgehead atoms. The van der Waals surface area contributed by atoms with Crippen molar-refractivity contribution in [1.29, 1.82) is 0 Å². The molecule has 0 unspecified atom stereocenters. The minimum absolute atomic E-state index is 0.0292. The Hall–Kier alpha value is -3.59. The predicted octanol–water partition coefficient (Wildman–Crippen LogP) is 4.05. The van der Waals surface area contributed by atoms with Crippen LogP contribution in [0.3, 0.4) is 0 Å². The van der Waals surface area contributed by atoms with Gasteiger partial charge in [0.1, 0.15) is 11.5 Å². The van der Waals surface area contributed by atoms with Crippen molar-refractivity contribution in [3.8, 4) is 11.5 Å². The lowest BCUT2D eigenvalue weighted by atomic mass is 10.2. The molecule has 1 heterocycles. The highest BCUT2D eigenvalue weighted by molar-refractivity contribution is 6.32. The van der Waals surface area contributed by atoms with Gasteiger partial charge in [0.15, 0.2) is 12.4 Å². The summed E-state index contributed by atoms with van der Waals surface area (Å²) in [4.78, 5) is 22.7. The Kier molecular flexibility index (Phi) is 5.99. The molecule has 0 fully saturated rings. The molecule has 3 rings (SSSR count). The van der Waals surface area contributed by atoms with E-state index in [1.165, 1.54) is 30.0 Å². The van der Waals surface area contributed by atoms with Crippen LogP contribution in [0.1, 0.15) is 16.1 Å². The number of anilines is 1. The van der Waals surface area contributed by atoms with E-state index >= 15 is 0 Å². The van der Waals surface area contributed by atoms with Gasteiger partial charge in [-0.3, -0.25) is 14.9 Å². The molecule has 0 saturated carbocycles. The van der Waals surface area contributed by atoms with Crippen LogP contribution in [-0.4, -0.2) is 27.7 Å². The second-order valence-electron chi connectivity index (χ2n) is 6.04. The summed E-state index contributed by atoms with van der Waals surface area (Å²) in [6.45, 7) is 1.88. The van der Waals surface area contributed by atoms with Crippen LogP contribution < -0.4 is 14.8 Å². The van der Waals surface area contributed by atoms with Gasteiger partial charge in [-0.2, -0.15) is 5.10 Å². The molecule has 9 nitrogen and oxygen atoms in total. The molecule has 0 radical (unpaired) electrons. The first-order chi connectivity index (χ1) is 13.9. The quantitative estimate of drug-likeness (QED) is 0.459. The highest BCUT2D eigenvalue weighted by Crippen LogP contribution is 2.29. The number of hydrogen-bond acceptors (Lipinski definition) is 6. The average molecular weight is 417 g/mol. The number of aromatic nitrogens is 2. The van der Waals surface area contributed by atoms with Crippen molar-refractivity contribution in [3.63, 3.8) is 0 Å². The molecule has 1 N–H and O–H groups in total. The standard InChI is InChI=1S/C19H17ClN4O5/c1-12-3-5-18(28-2)16(9-12)21-19(25)15-7-8-23(22-15)11-29-17-6-4-13(24(26)27)10-14(17)20/h3-10H,11H2,1-2H3,(H,21,25). The normalized spacial score (nSPS) is 10.4. The molecule has 0 aliphatic rings. The molecule has 150 valence electrons. The molecule has 0 atom stereocenters. The number of ether oxygens (including phenoxy) is 2. The average Bonchev–Trinajstić information content (AvgIpc) is 3.16. The molecule has 1 amide bonds.